The number of hydrogen-bond donors (Lipinski definition) is 0. The maximum Gasteiger partial charge on any atom is 0.416 e. The molecule has 1 fully saturated rings. The van der Waals surface area contributed by atoms with Crippen molar-refractivity contribution in [2.45, 2.75) is 17.6 Å². The molecule has 0 unspecified atom stereocenters. The van der Waals surface area contributed by atoms with E-state index >= 15 is 0 Å². The number of halogens is 3. The van der Waals surface area contributed by atoms with Crippen LogP contribution in [0.25, 0.3) is 11.2 Å². The van der Waals surface area contributed by atoms with Crippen molar-refractivity contribution in [2.24, 2.45) is 0 Å². The lowest BCUT2D eigenvalue weighted by molar-refractivity contribution is -0.137. The van der Waals surface area contributed by atoms with Crippen molar-refractivity contribution in [1.29, 1.82) is 0 Å². The SMILES string of the molecule is O=S(=O)(c1cccc(C(F)(F)F)c1)N1CCN(c2ncnc3c2nnn3Cc2ccccc2)CC1. The number of sulfonamides is 1. The van der Waals surface area contributed by atoms with E-state index in [0.29, 0.717) is 29.6 Å². The lowest BCUT2D eigenvalue weighted by Crippen LogP contribution is -2.49. The fraction of sp³-hybridized carbons (Fsp3) is 0.273. The van der Waals surface area contributed by atoms with Crippen molar-refractivity contribution in [3.63, 3.8) is 0 Å². The summed E-state index contributed by atoms with van der Waals surface area (Å²) in [5, 5.41) is 8.45. The normalized spacial score (nSPS) is 15.6. The summed E-state index contributed by atoms with van der Waals surface area (Å²) in [7, 11) is -4.08. The molecule has 1 aliphatic rings. The van der Waals surface area contributed by atoms with E-state index in [4.69, 9.17) is 0 Å². The van der Waals surface area contributed by atoms with Crippen LogP contribution in [0.4, 0.5) is 19.0 Å². The highest BCUT2D eigenvalue weighted by atomic mass is 32.2. The van der Waals surface area contributed by atoms with Gasteiger partial charge in [0.1, 0.15) is 6.33 Å². The Balaban J connectivity index is 1.34. The maximum absolute atomic E-state index is 13.0. The fourth-order valence-corrected chi connectivity index (χ4v) is 5.47. The summed E-state index contributed by atoms with van der Waals surface area (Å²) in [5.41, 5.74) is 1.09. The number of alkyl halides is 3. The van der Waals surface area contributed by atoms with Crippen LogP contribution in [-0.2, 0) is 22.7 Å². The Kier molecular flexibility index (Phi) is 5.89. The van der Waals surface area contributed by atoms with E-state index in [1.165, 1.54) is 16.7 Å². The molecule has 0 aliphatic carbocycles. The van der Waals surface area contributed by atoms with Crippen LogP contribution in [0.1, 0.15) is 11.1 Å². The standard InChI is InChI=1S/C22H20F3N7O2S/c23-22(24,25)17-7-4-8-18(13-17)35(33,34)31-11-9-30(10-12-31)20-19-21(27-15-26-20)32(29-28-19)14-16-5-2-1-3-6-16/h1-8,13,15H,9-12,14H2. The highest BCUT2D eigenvalue weighted by molar-refractivity contribution is 7.89. The van der Waals surface area contributed by atoms with E-state index < -0.39 is 21.8 Å². The number of piperazine rings is 1. The van der Waals surface area contributed by atoms with E-state index in [0.717, 1.165) is 17.7 Å². The Bertz CT molecular complexity index is 1450. The lowest BCUT2D eigenvalue weighted by Gasteiger charge is -2.34. The second-order valence-corrected chi connectivity index (χ2v) is 9.96. The molecular weight excluding hydrogens is 483 g/mol. The molecule has 35 heavy (non-hydrogen) atoms. The molecule has 182 valence electrons. The first-order valence-electron chi connectivity index (χ1n) is 10.7. The fourth-order valence-electron chi connectivity index (χ4n) is 4.00. The summed E-state index contributed by atoms with van der Waals surface area (Å²) in [6, 6.07) is 13.5. The molecule has 5 rings (SSSR count). The third kappa shape index (κ3) is 4.56. The van der Waals surface area contributed by atoms with Gasteiger partial charge in [0, 0.05) is 26.2 Å². The zero-order chi connectivity index (χ0) is 24.6. The van der Waals surface area contributed by atoms with Gasteiger partial charge in [-0.2, -0.15) is 17.5 Å². The van der Waals surface area contributed by atoms with Gasteiger partial charge < -0.3 is 4.90 Å². The molecular formula is C22H20F3N7O2S. The number of fused-ring (bicyclic) bond motifs is 1. The summed E-state index contributed by atoms with van der Waals surface area (Å²) in [5.74, 6) is 0.533. The molecule has 1 aliphatic heterocycles. The van der Waals surface area contributed by atoms with E-state index in [2.05, 4.69) is 20.3 Å². The topological polar surface area (TPSA) is 97.1 Å². The zero-order valence-electron chi connectivity index (χ0n) is 18.3. The van der Waals surface area contributed by atoms with Crippen molar-refractivity contribution in [3.8, 4) is 0 Å². The molecule has 0 saturated carbocycles. The van der Waals surface area contributed by atoms with Crippen LogP contribution in [0.3, 0.4) is 0 Å². The minimum absolute atomic E-state index is 0.0855. The van der Waals surface area contributed by atoms with Crippen LogP contribution in [0, 0.1) is 0 Å². The Morgan fingerprint density at radius 3 is 2.37 bits per heavy atom. The first-order chi connectivity index (χ1) is 16.7. The van der Waals surface area contributed by atoms with Gasteiger partial charge in [-0.05, 0) is 23.8 Å². The molecule has 3 heterocycles. The second-order valence-electron chi connectivity index (χ2n) is 8.02. The third-order valence-corrected chi connectivity index (χ3v) is 7.69. The second kappa shape index (κ2) is 8.89. The van der Waals surface area contributed by atoms with Crippen molar-refractivity contribution >= 4 is 27.0 Å². The number of benzene rings is 2. The average Bonchev–Trinajstić information content (AvgIpc) is 3.27. The molecule has 0 N–H and O–H groups in total. The molecule has 2 aromatic carbocycles. The van der Waals surface area contributed by atoms with Gasteiger partial charge in [0.05, 0.1) is 17.0 Å². The summed E-state index contributed by atoms with van der Waals surface area (Å²) < 4.78 is 68.0. The molecule has 0 atom stereocenters. The van der Waals surface area contributed by atoms with Gasteiger partial charge in [-0.25, -0.2) is 23.1 Å². The van der Waals surface area contributed by atoms with Gasteiger partial charge in [0.15, 0.2) is 17.0 Å². The Morgan fingerprint density at radius 2 is 1.66 bits per heavy atom. The van der Waals surface area contributed by atoms with Crippen molar-refractivity contribution in [3.05, 3.63) is 72.1 Å². The number of aromatic nitrogens is 5. The van der Waals surface area contributed by atoms with Crippen LogP contribution in [-0.4, -0.2) is 63.9 Å². The summed E-state index contributed by atoms with van der Waals surface area (Å²) in [4.78, 5) is 10.2. The quantitative estimate of drug-likeness (QED) is 0.413. The van der Waals surface area contributed by atoms with Gasteiger partial charge in [0.25, 0.3) is 0 Å². The van der Waals surface area contributed by atoms with Gasteiger partial charge in [0.2, 0.25) is 10.0 Å². The Morgan fingerprint density at radius 1 is 0.914 bits per heavy atom. The number of hydrogen-bond acceptors (Lipinski definition) is 7. The monoisotopic (exact) mass is 503 g/mol. The van der Waals surface area contributed by atoms with Crippen LogP contribution in [0.15, 0.2) is 65.8 Å². The van der Waals surface area contributed by atoms with Gasteiger partial charge >= 0.3 is 6.18 Å². The van der Waals surface area contributed by atoms with Crippen molar-refractivity contribution in [1.82, 2.24) is 29.3 Å². The van der Waals surface area contributed by atoms with Crippen LogP contribution in [0.2, 0.25) is 0 Å². The van der Waals surface area contributed by atoms with Gasteiger partial charge in [-0.15, -0.1) is 5.10 Å². The summed E-state index contributed by atoms with van der Waals surface area (Å²) in [6.45, 7) is 1.23. The molecule has 2 aromatic heterocycles. The van der Waals surface area contributed by atoms with E-state index in [-0.39, 0.29) is 31.1 Å². The molecule has 13 heteroatoms. The lowest BCUT2D eigenvalue weighted by atomic mass is 10.2. The van der Waals surface area contributed by atoms with E-state index in [1.54, 1.807) is 4.68 Å². The predicted molar refractivity (Wildman–Crippen MR) is 121 cm³/mol. The zero-order valence-corrected chi connectivity index (χ0v) is 19.1. The summed E-state index contributed by atoms with van der Waals surface area (Å²) in [6.07, 6.45) is -3.21. The highest BCUT2D eigenvalue weighted by Crippen LogP contribution is 2.31. The van der Waals surface area contributed by atoms with E-state index in [9.17, 15) is 21.6 Å². The number of nitrogens with zero attached hydrogens (tertiary/aromatic N) is 7. The Labute approximate surface area is 198 Å². The predicted octanol–water partition coefficient (Wildman–Crippen LogP) is 2.80. The van der Waals surface area contributed by atoms with Gasteiger partial charge in [-0.1, -0.05) is 41.6 Å². The molecule has 0 bridgehead atoms. The Hall–Kier alpha value is -3.58. The highest BCUT2D eigenvalue weighted by Gasteiger charge is 2.34. The first-order valence-corrected chi connectivity index (χ1v) is 12.2. The smallest absolute Gasteiger partial charge is 0.352 e. The molecule has 0 radical (unpaired) electrons. The van der Waals surface area contributed by atoms with Crippen molar-refractivity contribution in [2.75, 3.05) is 31.1 Å². The molecule has 1 saturated heterocycles. The summed E-state index contributed by atoms with van der Waals surface area (Å²) >= 11 is 0. The molecule has 0 spiro atoms. The largest absolute Gasteiger partial charge is 0.416 e. The van der Waals surface area contributed by atoms with Gasteiger partial charge in [-0.3, -0.25) is 0 Å². The first kappa shape index (κ1) is 23.2. The van der Waals surface area contributed by atoms with Crippen LogP contribution < -0.4 is 4.90 Å². The molecule has 4 aromatic rings. The van der Waals surface area contributed by atoms with E-state index in [1.807, 2.05) is 35.2 Å². The minimum Gasteiger partial charge on any atom is -0.352 e. The number of anilines is 1. The van der Waals surface area contributed by atoms with Crippen molar-refractivity contribution < 1.29 is 21.6 Å². The minimum atomic E-state index is -4.62. The van der Waals surface area contributed by atoms with Crippen LogP contribution in [0.5, 0.6) is 0 Å². The molecule has 0 amide bonds. The van der Waals surface area contributed by atoms with Crippen LogP contribution >= 0.6 is 0 Å². The average molecular weight is 504 g/mol. The molecule has 9 nitrogen and oxygen atoms in total. The third-order valence-electron chi connectivity index (χ3n) is 5.79. The number of rotatable bonds is 5. The maximum atomic E-state index is 13.0.